The number of rotatable bonds is 4. The van der Waals surface area contributed by atoms with E-state index in [9.17, 15) is 4.79 Å². The van der Waals surface area contributed by atoms with Crippen molar-refractivity contribution in [2.45, 2.75) is 12.8 Å². The number of carbonyl (C=O) groups excluding carboxylic acids is 1. The lowest BCUT2D eigenvalue weighted by atomic mass is 10.1. The number of nitrogens with one attached hydrogen (secondary N) is 1. The van der Waals surface area contributed by atoms with Crippen LogP contribution in [0.15, 0.2) is 47.3 Å². The molecule has 0 aliphatic heterocycles. The Kier molecular flexibility index (Phi) is 4.41. The van der Waals surface area contributed by atoms with Gasteiger partial charge in [0.05, 0.1) is 0 Å². The molecule has 4 nitrogen and oxygen atoms in total. The molecule has 0 saturated heterocycles. The summed E-state index contributed by atoms with van der Waals surface area (Å²) in [4.78, 5) is 19.7. The number of anilines is 1. The maximum absolute atomic E-state index is 11.7. The highest BCUT2D eigenvalue weighted by atomic mass is 79.9. The van der Waals surface area contributed by atoms with E-state index in [4.69, 9.17) is 0 Å². The Morgan fingerprint density at radius 3 is 2.67 bits per heavy atom. The summed E-state index contributed by atoms with van der Waals surface area (Å²) in [5.41, 5.74) is 1.10. The summed E-state index contributed by atoms with van der Waals surface area (Å²) in [6, 6.07) is 7.41. The first-order valence-corrected chi connectivity index (χ1v) is 6.33. The molecule has 2 heterocycles. The molecule has 0 aliphatic carbocycles. The molecule has 0 atom stereocenters. The molecule has 2 rings (SSSR count). The number of aromatic nitrogens is 2. The van der Waals surface area contributed by atoms with Crippen LogP contribution >= 0.6 is 15.9 Å². The van der Waals surface area contributed by atoms with Crippen LogP contribution in [0.2, 0.25) is 0 Å². The lowest BCUT2D eigenvalue weighted by molar-refractivity contribution is -0.116. The number of hydrogen-bond acceptors (Lipinski definition) is 3. The first-order chi connectivity index (χ1) is 8.74. The van der Waals surface area contributed by atoms with Crippen molar-refractivity contribution in [1.29, 1.82) is 0 Å². The van der Waals surface area contributed by atoms with Crippen molar-refractivity contribution < 1.29 is 4.79 Å². The van der Waals surface area contributed by atoms with E-state index in [0.717, 1.165) is 10.0 Å². The zero-order valence-corrected chi connectivity index (χ0v) is 11.2. The molecule has 2 aromatic rings. The molecule has 0 radical (unpaired) electrons. The van der Waals surface area contributed by atoms with Gasteiger partial charge in [0.15, 0.2) is 0 Å². The van der Waals surface area contributed by atoms with Crippen LogP contribution in [-0.2, 0) is 11.2 Å². The predicted octanol–water partition coefficient (Wildman–Crippen LogP) is 2.81. The van der Waals surface area contributed by atoms with E-state index < -0.39 is 0 Å². The number of hydrogen-bond donors (Lipinski definition) is 1. The van der Waals surface area contributed by atoms with Crippen LogP contribution in [0.5, 0.6) is 0 Å². The molecule has 0 saturated carbocycles. The van der Waals surface area contributed by atoms with Crippen molar-refractivity contribution in [1.82, 2.24) is 9.97 Å². The minimum atomic E-state index is -0.0402. The quantitative estimate of drug-likeness (QED) is 0.945. The fourth-order valence-electron chi connectivity index (χ4n) is 1.46. The molecular weight excluding hydrogens is 294 g/mol. The van der Waals surface area contributed by atoms with Gasteiger partial charge in [-0.05, 0) is 52.2 Å². The molecule has 18 heavy (non-hydrogen) atoms. The standard InChI is InChI=1S/C13H12BrN3O/c14-11-2-3-12(16-9-11)17-13(18)4-1-10-5-7-15-8-6-10/h2-3,5-9H,1,4H2,(H,16,17,18). The van der Waals surface area contributed by atoms with Crippen molar-refractivity contribution in [2.75, 3.05) is 5.32 Å². The molecule has 1 N–H and O–H groups in total. The Balaban J connectivity index is 1.84. The highest BCUT2D eigenvalue weighted by Gasteiger charge is 2.03. The summed E-state index contributed by atoms with van der Waals surface area (Å²) >= 11 is 3.29. The van der Waals surface area contributed by atoms with Gasteiger partial charge in [-0.3, -0.25) is 9.78 Å². The zero-order chi connectivity index (χ0) is 12.8. The van der Waals surface area contributed by atoms with Crippen molar-refractivity contribution in [2.24, 2.45) is 0 Å². The van der Waals surface area contributed by atoms with Gasteiger partial charge in [0, 0.05) is 29.5 Å². The largest absolute Gasteiger partial charge is 0.311 e. The number of carbonyl (C=O) groups is 1. The molecule has 0 fully saturated rings. The monoisotopic (exact) mass is 305 g/mol. The number of amides is 1. The van der Waals surface area contributed by atoms with Gasteiger partial charge in [-0.15, -0.1) is 0 Å². The smallest absolute Gasteiger partial charge is 0.225 e. The van der Waals surface area contributed by atoms with Gasteiger partial charge in [0.2, 0.25) is 5.91 Å². The van der Waals surface area contributed by atoms with E-state index in [1.807, 2.05) is 18.2 Å². The molecule has 0 aliphatic rings. The van der Waals surface area contributed by atoms with Gasteiger partial charge >= 0.3 is 0 Å². The second-order valence-electron chi connectivity index (χ2n) is 3.77. The van der Waals surface area contributed by atoms with Crippen molar-refractivity contribution in [3.63, 3.8) is 0 Å². The third kappa shape index (κ3) is 3.92. The number of aryl methyl sites for hydroxylation is 1. The summed E-state index contributed by atoms with van der Waals surface area (Å²) in [7, 11) is 0. The second-order valence-corrected chi connectivity index (χ2v) is 4.68. The Morgan fingerprint density at radius 2 is 2.00 bits per heavy atom. The summed E-state index contributed by atoms with van der Waals surface area (Å²) in [6.45, 7) is 0. The summed E-state index contributed by atoms with van der Waals surface area (Å²) in [5, 5.41) is 2.75. The highest BCUT2D eigenvalue weighted by molar-refractivity contribution is 9.10. The van der Waals surface area contributed by atoms with Gasteiger partial charge in [-0.1, -0.05) is 0 Å². The van der Waals surface area contributed by atoms with Gasteiger partial charge < -0.3 is 5.32 Å². The maximum Gasteiger partial charge on any atom is 0.225 e. The van der Waals surface area contributed by atoms with Crippen LogP contribution in [0.1, 0.15) is 12.0 Å². The van der Waals surface area contributed by atoms with Crippen LogP contribution in [0.3, 0.4) is 0 Å². The SMILES string of the molecule is O=C(CCc1ccncc1)Nc1ccc(Br)cn1. The van der Waals surface area contributed by atoms with E-state index in [1.54, 1.807) is 24.7 Å². The number of halogens is 1. The van der Waals surface area contributed by atoms with E-state index in [2.05, 4.69) is 31.2 Å². The summed E-state index contributed by atoms with van der Waals surface area (Å²) in [5.74, 6) is 0.527. The average molecular weight is 306 g/mol. The molecule has 0 aromatic carbocycles. The minimum Gasteiger partial charge on any atom is -0.311 e. The van der Waals surface area contributed by atoms with E-state index in [-0.39, 0.29) is 5.91 Å². The molecule has 0 unspecified atom stereocenters. The fourth-order valence-corrected chi connectivity index (χ4v) is 1.70. The maximum atomic E-state index is 11.7. The van der Waals surface area contributed by atoms with Crippen LogP contribution < -0.4 is 5.32 Å². The first kappa shape index (κ1) is 12.7. The number of pyridine rings is 2. The van der Waals surface area contributed by atoms with E-state index in [0.29, 0.717) is 18.7 Å². The molecule has 2 aromatic heterocycles. The normalized spacial score (nSPS) is 10.1. The van der Waals surface area contributed by atoms with Crippen LogP contribution in [0.25, 0.3) is 0 Å². The highest BCUT2D eigenvalue weighted by Crippen LogP contribution is 2.11. The van der Waals surface area contributed by atoms with Gasteiger partial charge in [-0.25, -0.2) is 4.98 Å². The Hall–Kier alpha value is -1.75. The molecule has 92 valence electrons. The Bertz CT molecular complexity index is 514. The number of nitrogens with zero attached hydrogens (tertiary/aromatic N) is 2. The van der Waals surface area contributed by atoms with Gasteiger partial charge in [0.1, 0.15) is 5.82 Å². The van der Waals surface area contributed by atoms with Crippen molar-refractivity contribution in [3.05, 3.63) is 52.9 Å². The second kappa shape index (κ2) is 6.26. The third-order valence-electron chi connectivity index (χ3n) is 2.38. The molecule has 0 spiro atoms. The van der Waals surface area contributed by atoms with Crippen LogP contribution in [0, 0.1) is 0 Å². The lowest BCUT2D eigenvalue weighted by Crippen LogP contribution is -2.13. The first-order valence-electron chi connectivity index (χ1n) is 5.54. The summed E-state index contributed by atoms with van der Waals surface area (Å²) in [6.07, 6.45) is 6.23. The fraction of sp³-hybridized carbons (Fsp3) is 0.154. The molecule has 1 amide bonds. The van der Waals surface area contributed by atoms with Crippen molar-refractivity contribution in [3.8, 4) is 0 Å². The molecule has 5 heteroatoms. The van der Waals surface area contributed by atoms with E-state index in [1.165, 1.54) is 0 Å². The van der Waals surface area contributed by atoms with Crippen molar-refractivity contribution >= 4 is 27.7 Å². The van der Waals surface area contributed by atoms with Crippen LogP contribution in [0.4, 0.5) is 5.82 Å². The Morgan fingerprint density at radius 1 is 1.22 bits per heavy atom. The van der Waals surface area contributed by atoms with Gasteiger partial charge in [-0.2, -0.15) is 0 Å². The van der Waals surface area contributed by atoms with E-state index >= 15 is 0 Å². The molecule has 0 bridgehead atoms. The predicted molar refractivity (Wildman–Crippen MR) is 73.1 cm³/mol. The zero-order valence-electron chi connectivity index (χ0n) is 9.64. The van der Waals surface area contributed by atoms with Crippen LogP contribution in [-0.4, -0.2) is 15.9 Å². The molecular formula is C13H12BrN3O. The third-order valence-corrected chi connectivity index (χ3v) is 2.85. The average Bonchev–Trinajstić information content (AvgIpc) is 2.40. The Labute approximate surface area is 114 Å². The topological polar surface area (TPSA) is 54.9 Å². The minimum absolute atomic E-state index is 0.0402. The van der Waals surface area contributed by atoms with Gasteiger partial charge in [0.25, 0.3) is 0 Å². The summed E-state index contributed by atoms with van der Waals surface area (Å²) < 4.78 is 0.886. The lowest BCUT2D eigenvalue weighted by Gasteiger charge is -2.04.